The third-order valence-corrected chi connectivity index (χ3v) is 0.0927. The highest BCUT2D eigenvalue weighted by atomic mass is 19.3. The van der Waals surface area contributed by atoms with E-state index in [-0.39, 0.29) is 6.41 Å². The molecule has 0 aromatic rings. The first kappa shape index (κ1) is 4.36. The van der Waals surface area contributed by atoms with E-state index >= 15 is 0 Å². The predicted octanol–water partition coefficient (Wildman–Crippen LogP) is -0.452. The minimum absolute atomic E-state index is 0.0833. The van der Waals surface area contributed by atoms with Gasteiger partial charge in [-0.2, -0.15) is 0 Å². The molecule has 0 aliphatic carbocycles. The smallest absolute Gasteiger partial charge is 0.233 e. The SMILES string of the molecule is O=CNOF. The van der Waals surface area contributed by atoms with Crippen molar-refractivity contribution in [2.24, 2.45) is 0 Å². The Morgan fingerprint density at radius 2 is 2.60 bits per heavy atom. The molecule has 0 aliphatic heterocycles. The van der Waals surface area contributed by atoms with E-state index in [9.17, 15) is 4.53 Å². The highest BCUT2D eigenvalue weighted by Crippen LogP contribution is 1.51. The maximum atomic E-state index is 10.2. The van der Waals surface area contributed by atoms with Crippen LogP contribution in [0.15, 0.2) is 0 Å². The van der Waals surface area contributed by atoms with Crippen LogP contribution in [0.4, 0.5) is 4.53 Å². The van der Waals surface area contributed by atoms with Gasteiger partial charge in [0, 0.05) is 0 Å². The molecule has 0 spiro atoms. The molecule has 0 atom stereocenters. The van der Waals surface area contributed by atoms with Crippen LogP contribution in [-0.4, -0.2) is 6.41 Å². The molecule has 0 aromatic heterocycles. The molecular weight excluding hydrogens is 77.0 g/mol. The van der Waals surface area contributed by atoms with E-state index in [0.717, 1.165) is 0 Å². The van der Waals surface area contributed by atoms with E-state index in [2.05, 4.69) is 5.04 Å². The van der Waals surface area contributed by atoms with Crippen LogP contribution in [0.25, 0.3) is 0 Å². The van der Waals surface area contributed by atoms with Gasteiger partial charge in [-0.3, -0.25) is 4.79 Å². The molecule has 0 heterocycles. The van der Waals surface area contributed by atoms with Crippen LogP contribution < -0.4 is 5.48 Å². The fraction of sp³-hybridized carbons (Fsp3) is 0. The van der Waals surface area contributed by atoms with E-state index in [1.54, 1.807) is 0 Å². The number of rotatable bonds is 2. The van der Waals surface area contributed by atoms with E-state index in [0.29, 0.717) is 0 Å². The Hall–Kier alpha value is -0.640. The Labute approximate surface area is 27.6 Å². The van der Waals surface area contributed by atoms with Crippen LogP contribution in [0.2, 0.25) is 0 Å². The molecule has 0 aliphatic rings. The van der Waals surface area contributed by atoms with Gasteiger partial charge in [-0.15, -0.1) is 0 Å². The molecule has 1 amide bonds. The third kappa shape index (κ3) is 3.36. The molecule has 0 saturated carbocycles. The van der Waals surface area contributed by atoms with E-state index in [1.165, 1.54) is 5.48 Å². The van der Waals surface area contributed by atoms with Crippen molar-refractivity contribution in [1.29, 1.82) is 0 Å². The summed E-state index contributed by atoms with van der Waals surface area (Å²) in [6, 6.07) is 0. The van der Waals surface area contributed by atoms with Crippen molar-refractivity contribution in [2.45, 2.75) is 0 Å². The van der Waals surface area contributed by atoms with Crippen LogP contribution in [0.5, 0.6) is 0 Å². The number of hydrogen-bond donors (Lipinski definition) is 1. The van der Waals surface area contributed by atoms with Crippen molar-refractivity contribution in [3.05, 3.63) is 0 Å². The first-order chi connectivity index (χ1) is 2.41. The van der Waals surface area contributed by atoms with Crippen molar-refractivity contribution >= 4 is 6.41 Å². The van der Waals surface area contributed by atoms with Crippen LogP contribution >= 0.6 is 0 Å². The van der Waals surface area contributed by atoms with Crippen molar-refractivity contribution in [2.75, 3.05) is 0 Å². The lowest BCUT2D eigenvalue weighted by Gasteiger charge is -1.74. The summed E-state index contributed by atoms with van der Waals surface area (Å²) < 4.78 is 10.2. The average molecular weight is 79.0 g/mol. The predicted molar refractivity (Wildman–Crippen MR) is 11.4 cm³/mol. The van der Waals surface area contributed by atoms with Crippen LogP contribution in [-0.2, 0) is 9.84 Å². The molecule has 5 heavy (non-hydrogen) atoms. The summed E-state index contributed by atoms with van der Waals surface area (Å²) in [5, 5.41) is 2.57. The molecule has 3 nitrogen and oxygen atoms in total. The molecule has 0 fully saturated rings. The van der Waals surface area contributed by atoms with Gasteiger partial charge in [-0.1, -0.05) is 5.04 Å². The van der Waals surface area contributed by atoms with Crippen LogP contribution in [0.1, 0.15) is 0 Å². The maximum Gasteiger partial charge on any atom is 0.233 e. The molecule has 30 valence electrons. The topological polar surface area (TPSA) is 38.3 Å². The first-order valence-corrected chi connectivity index (χ1v) is 0.883. The van der Waals surface area contributed by atoms with E-state index in [1.807, 2.05) is 0 Å². The monoisotopic (exact) mass is 79.0 g/mol. The Morgan fingerprint density at radius 1 is 2.00 bits per heavy atom. The summed E-state index contributed by atoms with van der Waals surface area (Å²) in [5.74, 6) is 0. The van der Waals surface area contributed by atoms with Gasteiger partial charge in [0.15, 0.2) is 0 Å². The molecule has 1 N–H and O–H groups in total. The molecule has 4 heteroatoms. The van der Waals surface area contributed by atoms with Crippen molar-refractivity contribution in [3.8, 4) is 0 Å². The summed E-state index contributed by atoms with van der Waals surface area (Å²) in [4.78, 5) is 8.93. The van der Waals surface area contributed by atoms with Crippen molar-refractivity contribution in [3.63, 3.8) is 0 Å². The quantitative estimate of drug-likeness (QED) is 0.359. The third-order valence-electron chi connectivity index (χ3n) is 0.0927. The fourth-order valence-electron chi connectivity index (χ4n) is 0.0182. The first-order valence-electron chi connectivity index (χ1n) is 0.883. The zero-order valence-corrected chi connectivity index (χ0v) is 2.27. The molecule has 0 unspecified atom stereocenters. The molecule has 0 radical (unpaired) electrons. The standard InChI is InChI=1S/CH2FNO2/c2-5-3-1-4/h1H,(H,3,4). The van der Waals surface area contributed by atoms with Gasteiger partial charge in [0.1, 0.15) is 0 Å². The van der Waals surface area contributed by atoms with Gasteiger partial charge in [-0.25, -0.2) is 5.48 Å². The number of hydrogen-bond acceptors (Lipinski definition) is 2. The number of halogens is 1. The summed E-state index contributed by atoms with van der Waals surface area (Å²) in [5.41, 5.74) is 1.26. The summed E-state index contributed by atoms with van der Waals surface area (Å²) in [6.07, 6.45) is 0.0833. The van der Waals surface area contributed by atoms with Gasteiger partial charge in [0.25, 0.3) is 0 Å². The molecule has 0 saturated heterocycles. The van der Waals surface area contributed by atoms with Crippen LogP contribution in [0.3, 0.4) is 0 Å². The van der Waals surface area contributed by atoms with E-state index < -0.39 is 0 Å². The van der Waals surface area contributed by atoms with Gasteiger partial charge in [0.2, 0.25) is 6.41 Å². The number of hydroxylamine groups is 1. The normalized spacial score (nSPS) is 6.60. The maximum absolute atomic E-state index is 10.2. The number of amides is 1. The van der Waals surface area contributed by atoms with Crippen molar-refractivity contribution < 1.29 is 14.4 Å². The molecule has 0 aromatic carbocycles. The zero-order chi connectivity index (χ0) is 4.12. The largest absolute Gasteiger partial charge is 0.277 e. The number of carbonyl (C=O) groups is 1. The van der Waals surface area contributed by atoms with Gasteiger partial charge < -0.3 is 0 Å². The van der Waals surface area contributed by atoms with Gasteiger partial charge in [-0.05, 0) is 4.53 Å². The molecule has 0 bridgehead atoms. The Morgan fingerprint density at radius 3 is 2.60 bits per heavy atom. The minimum Gasteiger partial charge on any atom is -0.277 e. The summed E-state index contributed by atoms with van der Waals surface area (Å²) >= 11 is 0. The number of nitrogens with one attached hydrogen (secondary N) is 1. The summed E-state index contributed by atoms with van der Waals surface area (Å²) in [6.45, 7) is 0. The second-order valence-corrected chi connectivity index (χ2v) is 0.313. The number of carbonyl (C=O) groups excluding carboxylic acids is 1. The zero-order valence-electron chi connectivity index (χ0n) is 2.27. The molecule has 0 rings (SSSR count). The van der Waals surface area contributed by atoms with E-state index in [4.69, 9.17) is 4.79 Å². The Bertz CT molecular complexity index is 30.8. The lowest BCUT2D eigenvalue weighted by molar-refractivity contribution is -0.190. The highest BCUT2D eigenvalue weighted by molar-refractivity contribution is 5.43. The lowest BCUT2D eigenvalue weighted by Crippen LogP contribution is -2.03. The lowest BCUT2D eigenvalue weighted by atomic mass is 11.5. The highest BCUT2D eigenvalue weighted by Gasteiger charge is 1.62. The Balaban J connectivity index is 2.40. The summed E-state index contributed by atoms with van der Waals surface area (Å²) in [7, 11) is 0. The van der Waals surface area contributed by atoms with Crippen molar-refractivity contribution in [1.82, 2.24) is 5.48 Å². The van der Waals surface area contributed by atoms with Gasteiger partial charge >= 0.3 is 0 Å². The minimum atomic E-state index is 0.0833. The average Bonchev–Trinajstić information content (AvgIpc) is 1.41. The molecular formula is CH2FNO2. The second kappa shape index (κ2) is 3.36. The fourth-order valence-corrected chi connectivity index (χ4v) is 0.0182. The Kier molecular flexibility index (Phi) is 2.93. The van der Waals surface area contributed by atoms with Gasteiger partial charge in [0.05, 0.1) is 0 Å². The van der Waals surface area contributed by atoms with Crippen LogP contribution in [0, 0.1) is 0 Å². The second-order valence-electron chi connectivity index (χ2n) is 0.313.